The van der Waals surface area contributed by atoms with Crippen LogP contribution in [-0.2, 0) is 9.84 Å². The Morgan fingerprint density at radius 3 is 2.48 bits per heavy atom. The molecule has 0 atom stereocenters. The van der Waals surface area contributed by atoms with E-state index >= 15 is 0 Å². The van der Waals surface area contributed by atoms with E-state index in [0.717, 1.165) is 0 Å². The second-order valence-electron chi connectivity index (χ2n) is 4.71. The van der Waals surface area contributed by atoms with Gasteiger partial charge in [-0.25, -0.2) is 8.42 Å². The normalized spacial score (nSPS) is 15.8. The summed E-state index contributed by atoms with van der Waals surface area (Å²) in [6.45, 7) is 0.287. The molecule has 0 unspecified atom stereocenters. The highest BCUT2D eigenvalue weighted by atomic mass is 35.5. The lowest BCUT2D eigenvalue weighted by atomic mass is 10.2. The molecule has 2 heterocycles. The molecule has 1 aliphatic heterocycles. The van der Waals surface area contributed by atoms with Crippen molar-refractivity contribution in [1.82, 2.24) is 10.1 Å². The van der Waals surface area contributed by atoms with Gasteiger partial charge in [-0.2, -0.15) is 0 Å². The summed E-state index contributed by atoms with van der Waals surface area (Å²) in [6, 6.07) is 7.45. The maximum atomic E-state index is 12.4. The molecule has 1 aromatic heterocycles. The fraction of sp³-hybridized carbons (Fsp3) is 0.231. The van der Waals surface area contributed by atoms with E-state index in [1.165, 1.54) is 41.4 Å². The Hall–Kier alpha value is -1.86. The van der Waals surface area contributed by atoms with Crippen molar-refractivity contribution < 1.29 is 17.7 Å². The maximum absolute atomic E-state index is 12.4. The Labute approximate surface area is 126 Å². The number of carbonyl (C=O) groups is 1. The summed E-state index contributed by atoms with van der Waals surface area (Å²) in [4.78, 5) is 13.5. The monoisotopic (exact) mass is 326 g/mol. The van der Waals surface area contributed by atoms with E-state index in [9.17, 15) is 13.2 Å². The van der Waals surface area contributed by atoms with Crippen molar-refractivity contribution in [2.45, 2.75) is 10.1 Å². The molecule has 0 aliphatic carbocycles. The minimum absolute atomic E-state index is 0.109. The Balaban J connectivity index is 1.71. The molecule has 0 bridgehead atoms. The Morgan fingerprint density at radius 2 is 1.90 bits per heavy atom. The van der Waals surface area contributed by atoms with Crippen LogP contribution < -0.4 is 0 Å². The molecular formula is C13H11ClN2O4S. The van der Waals surface area contributed by atoms with E-state index in [2.05, 4.69) is 5.16 Å². The third kappa shape index (κ3) is 2.54. The molecule has 6 nitrogen and oxygen atoms in total. The number of hydrogen-bond acceptors (Lipinski definition) is 5. The average molecular weight is 327 g/mol. The number of hydrogen-bond donors (Lipinski definition) is 0. The third-order valence-electron chi connectivity index (χ3n) is 3.36. The third-order valence-corrected chi connectivity index (χ3v) is 5.72. The average Bonchev–Trinajstić information content (AvgIpc) is 2.90. The van der Waals surface area contributed by atoms with Crippen LogP contribution in [0.15, 0.2) is 45.9 Å². The van der Waals surface area contributed by atoms with Crippen LogP contribution in [0, 0.1) is 0 Å². The predicted molar refractivity (Wildman–Crippen MR) is 74.8 cm³/mol. The van der Waals surface area contributed by atoms with Crippen molar-refractivity contribution in [3.05, 3.63) is 47.3 Å². The van der Waals surface area contributed by atoms with Gasteiger partial charge in [-0.15, -0.1) is 0 Å². The van der Waals surface area contributed by atoms with Gasteiger partial charge in [0, 0.05) is 24.2 Å². The van der Waals surface area contributed by atoms with Crippen molar-refractivity contribution >= 4 is 27.3 Å². The van der Waals surface area contributed by atoms with Crippen molar-refractivity contribution in [3.63, 3.8) is 0 Å². The highest BCUT2D eigenvalue weighted by Crippen LogP contribution is 2.25. The Kier molecular flexibility index (Phi) is 3.46. The van der Waals surface area contributed by atoms with Crippen LogP contribution in [0.3, 0.4) is 0 Å². The van der Waals surface area contributed by atoms with Gasteiger partial charge in [0.1, 0.15) is 5.25 Å². The van der Waals surface area contributed by atoms with Gasteiger partial charge >= 0.3 is 0 Å². The van der Waals surface area contributed by atoms with Gasteiger partial charge in [-0.3, -0.25) is 4.79 Å². The molecule has 0 radical (unpaired) electrons. The number of aromatic nitrogens is 1. The zero-order valence-corrected chi connectivity index (χ0v) is 12.3. The van der Waals surface area contributed by atoms with E-state index in [0.29, 0.717) is 5.02 Å². The van der Waals surface area contributed by atoms with Crippen molar-refractivity contribution in [1.29, 1.82) is 0 Å². The fourth-order valence-electron chi connectivity index (χ4n) is 2.10. The smallest absolute Gasteiger partial charge is 0.292 e. The van der Waals surface area contributed by atoms with Crippen LogP contribution in [0.5, 0.6) is 0 Å². The van der Waals surface area contributed by atoms with E-state index in [1.54, 1.807) is 0 Å². The molecule has 1 saturated heterocycles. The van der Waals surface area contributed by atoms with Gasteiger partial charge in [-0.05, 0) is 24.3 Å². The number of halogens is 1. The Morgan fingerprint density at radius 1 is 1.24 bits per heavy atom. The standard InChI is InChI=1S/C13H11ClN2O4S/c14-9-1-3-10(4-2-9)21(18,19)11-7-16(8-11)13(17)12-5-6-15-20-12/h1-6,11H,7-8H2. The molecule has 3 rings (SSSR count). The molecule has 1 aromatic carbocycles. The lowest BCUT2D eigenvalue weighted by molar-refractivity contribution is 0.0616. The maximum Gasteiger partial charge on any atom is 0.292 e. The van der Waals surface area contributed by atoms with Crippen LogP contribution in [0.1, 0.15) is 10.6 Å². The van der Waals surface area contributed by atoms with Crippen LogP contribution in [-0.4, -0.2) is 42.7 Å². The first kappa shape index (κ1) is 14.1. The SMILES string of the molecule is O=C(c1ccno1)N1CC(S(=O)(=O)c2ccc(Cl)cc2)C1. The molecular weight excluding hydrogens is 316 g/mol. The van der Waals surface area contributed by atoms with E-state index in [4.69, 9.17) is 16.1 Å². The summed E-state index contributed by atoms with van der Waals surface area (Å²) in [7, 11) is -3.45. The minimum Gasteiger partial charge on any atom is -0.351 e. The number of carbonyl (C=O) groups excluding carboxylic acids is 1. The molecule has 21 heavy (non-hydrogen) atoms. The van der Waals surface area contributed by atoms with Gasteiger partial charge in [0.2, 0.25) is 5.76 Å². The van der Waals surface area contributed by atoms with Gasteiger partial charge in [0.25, 0.3) is 5.91 Å². The molecule has 8 heteroatoms. The van der Waals surface area contributed by atoms with Gasteiger partial charge in [-0.1, -0.05) is 16.8 Å². The topological polar surface area (TPSA) is 80.5 Å². The van der Waals surface area contributed by atoms with E-state index in [-0.39, 0.29) is 29.7 Å². The van der Waals surface area contributed by atoms with Crippen LogP contribution >= 0.6 is 11.6 Å². The number of sulfone groups is 1. The van der Waals surface area contributed by atoms with Gasteiger partial charge in [0.15, 0.2) is 9.84 Å². The summed E-state index contributed by atoms with van der Waals surface area (Å²) >= 11 is 5.75. The van der Waals surface area contributed by atoms with Gasteiger partial charge < -0.3 is 9.42 Å². The first-order valence-corrected chi connectivity index (χ1v) is 8.10. The number of amides is 1. The highest BCUT2D eigenvalue weighted by Gasteiger charge is 2.41. The molecule has 0 N–H and O–H groups in total. The quantitative estimate of drug-likeness (QED) is 0.856. The number of rotatable bonds is 3. The van der Waals surface area contributed by atoms with Crippen LogP contribution in [0.2, 0.25) is 5.02 Å². The zero-order chi connectivity index (χ0) is 15.0. The number of nitrogens with zero attached hydrogens (tertiary/aromatic N) is 2. The molecule has 2 aromatic rings. The zero-order valence-electron chi connectivity index (χ0n) is 10.8. The largest absolute Gasteiger partial charge is 0.351 e. The first-order chi connectivity index (χ1) is 9.98. The predicted octanol–water partition coefficient (Wildman–Crippen LogP) is 1.63. The lowest BCUT2D eigenvalue weighted by Gasteiger charge is -2.37. The van der Waals surface area contributed by atoms with Crippen molar-refractivity contribution in [2.75, 3.05) is 13.1 Å². The van der Waals surface area contributed by atoms with E-state index < -0.39 is 15.1 Å². The highest BCUT2D eigenvalue weighted by molar-refractivity contribution is 7.92. The van der Waals surface area contributed by atoms with Gasteiger partial charge in [0.05, 0.1) is 11.1 Å². The molecule has 1 aliphatic rings. The molecule has 1 amide bonds. The number of likely N-dealkylation sites (tertiary alicyclic amines) is 1. The van der Waals surface area contributed by atoms with E-state index in [1.807, 2.05) is 0 Å². The second-order valence-corrected chi connectivity index (χ2v) is 7.37. The second kappa shape index (κ2) is 5.16. The molecule has 1 fully saturated rings. The molecule has 110 valence electrons. The summed E-state index contributed by atoms with van der Waals surface area (Å²) in [5.41, 5.74) is 0. The summed E-state index contributed by atoms with van der Waals surface area (Å²) in [5, 5.41) is 3.32. The fourth-order valence-corrected chi connectivity index (χ4v) is 3.88. The molecule has 0 saturated carbocycles. The van der Waals surface area contributed by atoms with Crippen LogP contribution in [0.4, 0.5) is 0 Å². The summed E-state index contributed by atoms with van der Waals surface area (Å²) in [6.07, 6.45) is 1.37. The lowest BCUT2D eigenvalue weighted by Crippen LogP contribution is -2.56. The number of benzene rings is 1. The van der Waals surface area contributed by atoms with Crippen LogP contribution in [0.25, 0.3) is 0 Å². The van der Waals surface area contributed by atoms with Crippen molar-refractivity contribution in [2.24, 2.45) is 0 Å². The molecule has 0 spiro atoms. The minimum atomic E-state index is -3.45. The Bertz CT molecular complexity index is 750. The first-order valence-electron chi connectivity index (χ1n) is 6.18. The summed E-state index contributed by atoms with van der Waals surface area (Å²) < 4.78 is 29.5. The van der Waals surface area contributed by atoms with Crippen molar-refractivity contribution in [3.8, 4) is 0 Å². The summed E-state index contributed by atoms with van der Waals surface area (Å²) in [5.74, 6) is -0.243.